The molecule has 0 saturated heterocycles. The number of aliphatic carboxylic acids is 1. The van der Waals surface area contributed by atoms with Crippen molar-refractivity contribution in [2.45, 2.75) is 63.3 Å². The van der Waals surface area contributed by atoms with Gasteiger partial charge in [-0.05, 0) is 50.5 Å². The molecule has 256 valence electrons. The Kier molecular flexibility index (Phi) is 12.2. The average Bonchev–Trinajstić information content (AvgIpc) is 3.03. The van der Waals surface area contributed by atoms with Gasteiger partial charge in [0.1, 0.15) is 0 Å². The average molecular weight is 699 g/mol. The van der Waals surface area contributed by atoms with E-state index >= 15 is 0 Å². The highest BCUT2D eigenvalue weighted by Crippen LogP contribution is 2.29. The Morgan fingerprint density at radius 3 is 1.96 bits per heavy atom. The molecule has 0 aliphatic carbocycles. The number of hydrogen-bond acceptors (Lipinski definition) is 7. The number of carboxylic acids is 1. The first-order valence-electron chi connectivity index (χ1n) is 15.7. The van der Waals surface area contributed by atoms with Crippen LogP contribution in [0.3, 0.4) is 0 Å². The summed E-state index contributed by atoms with van der Waals surface area (Å²) in [5.41, 5.74) is 2.13. The van der Waals surface area contributed by atoms with E-state index in [1.807, 2.05) is 11.5 Å². The summed E-state index contributed by atoms with van der Waals surface area (Å²) in [5, 5.41) is 12.4. The maximum absolute atomic E-state index is 14.6. The van der Waals surface area contributed by atoms with Crippen LogP contribution in [0.5, 0.6) is 0 Å². The van der Waals surface area contributed by atoms with Crippen molar-refractivity contribution in [2.75, 3.05) is 18.8 Å². The first-order valence-corrected chi connectivity index (χ1v) is 18.7. The van der Waals surface area contributed by atoms with Crippen molar-refractivity contribution in [2.24, 2.45) is 0 Å². The number of carboxylic acid groups (broad SMARTS) is 1. The molecule has 14 heteroatoms. The Bertz CT molecular complexity index is 1960. The van der Waals surface area contributed by atoms with Crippen LogP contribution in [0.2, 0.25) is 0 Å². The summed E-state index contributed by atoms with van der Waals surface area (Å²) in [6.45, 7) is 2.11. The van der Waals surface area contributed by atoms with Gasteiger partial charge in [0, 0.05) is 44.5 Å². The summed E-state index contributed by atoms with van der Waals surface area (Å²) < 4.78 is 63.0. The van der Waals surface area contributed by atoms with E-state index in [1.54, 1.807) is 60.7 Å². The molecule has 12 nitrogen and oxygen atoms in total. The molecule has 3 N–H and O–H groups in total. The second-order valence-corrected chi connectivity index (χ2v) is 15.0. The number of rotatable bonds is 17. The van der Waals surface area contributed by atoms with Crippen LogP contribution >= 0.6 is 0 Å². The number of nitrogens with one attached hydrogen (secondary N) is 1. The molecule has 0 aliphatic rings. The standard InChI is InChI=1S/C34H39N3O9S2/c1-25-17-19-26(20-18-25)48(45,46)37(23-9-15-31(38)35-21-8-2-3-16-32(39)40)34(41)33-27-11-4-6-13-29(27)36(22-10-24-47(42,43)44)30-14-7-5-12-28(30)33/h4-7,11-14,17-20H,2-3,8-10,15-16,21-24H2,1H3,(H2-,35,38,39,40,42,43,44)/p+1. The molecular weight excluding hydrogens is 659 g/mol. The number of benzene rings is 3. The predicted molar refractivity (Wildman–Crippen MR) is 180 cm³/mol. The van der Waals surface area contributed by atoms with E-state index in [4.69, 9.17) is 5.11 Å². The van der Waals surface area contributed by atoms with Crippen molar-refractivity contribution >= 4 is 59.7 Å². The van der Waals surface area contributed by atoms with Crippen molar-refractivity contribution in [1.29, 1.82) is 0 Å². The number of sulfonamides is 1. The van der Waals surface area contributed by atoms with Crippen LogP contribution in [0.25, 0.3) is 21.8 Å². The molecule has 0 bridgehead atoms. The number of carbonyl (C=O) groups excluding carboxylic acids is 2. The van der Waals surface area contributed by atoms with E-state index in [0.717, 1.165) is 9.87 Å². The van der Waals surface area contributed by atoms with Crippen molar-refractivity contribution < 1.29 is 45.4 Å². The minimum atomic E-state index is -4.37. The number of amides is 2. The number of aryl methyl sites for hydroxylation is 2. The highest BCUT2D eigenvalue weighted by Gasteiger charge is 2.34. The van der Waals surface area contributed by atoms with Gasteiger partial charge in [-0.15, -0.1) is 0 Å². The summed E-state index contributed by atoms with van der Waals surface area (Å²) in [6.07, 6.45) is 1.94. The fraction of sp³-hybridized carbons (Fsp3) is 0.353. The minimum Gasteiger partial charge on any atom is -0.481 e. The fourth-order valence-electron chi connectivity index (χ4n) is 5.56. The molecule has 48 heavy (non-hydrogen) atoms. The van der Waals surface area contributed by atoms with Gasteiger partial charge in [0.15, 0.2) is 6.54 Å². The summed E-state index contributed by atoms with van der Waals surface area (Å²) in [7, 11) is -8.57. The summed E-state index contributed by atoms with van der Waals surface area (Å²) in [4.78, 5) is 37.8. The number of pyridine rings is 1. The highest BCUT2D eigenvalue weighted by molar-refractivity contribution is 7.89. The van der Waals surface area contributed by atoms with Crippen molar-refractivity contribution in [3.05, 3.63) is 83.9 Å². The maximum Gasteiger partial charge on any atom is 0.303 e. The first kappa shape index (κ1) is 36.4. The number of hydrogen-bond donors (Lipinski definition) is 3. The molecule has 0 radical (unpaired) electrons. The zero-order valence-electron chi connectivity index (χ0n) is 26.7. The number of nitrogens with zero attached hydrogens (tertiary/aromatic N) is 2. The molecule has 2 amide bonds. The summed E-state index contributed by atoms with van der Waals surface area (Å²) in [6, 6.07) is 20.1. The first-order chi connectivity index (χ1) is 22.8. The molecule has 4 aromatic rings. The summed E-state index contributed by atoms with van der Waals surface area (Å²) >= 11 is 0. The van der Waals surface area contributed by atoms with Crippen LogP contribution < -0.4 is 9.88 Å². The van der Waals surface area contributed by atoms with E-state index in [1.165, 1.54) is 12.1 Å². The van der Waals surface area contributed by atoms with Gasteiger partial charge < -0.3 is 10.4 Å². The minimum absolute atomic E-state index is 0.0353. The Morgan fingerprint density at radius 1 is 0.771 bits per heavy atom. The summed E-state index contributed by atoms with van der Waals surface area (Å²) in [5.74, 6) is -2.41. The normalized spacial score (nSPS) is 11.9. The number of fused-ring (bicyclic) bond motifs is 2. The molecule has 0 atom stereocenters. The largest absolute Gasteiger partial charge is 0.481 e. The smallest absolute Gasteiger partial charge is 0.303 e. The lowest BCUT2D eigenvalue weighted by Crippen LogP contribution is -2.41. The third-order valence-electron chi connectivity index (χ3n) is 7.92. The van der Waals surface area contributed by atoms with Crippen LogP contribution in [0.1, 0.15) is 60.9 Å². The van der Waals surface area contributed by atoms with Gasteiger partial charge in [-0.2, -0.15) is 13.0 Å². The highest BCUT2D eigenvalue weighted by atomic mass is 32.2. The predicted octanol–water partition coefficient (Wildman–Crippen LogP) is 4.24. The number of aromatic nitrogens is 1. The SMILES string of the molecule is Cc1ccc(S(=O)(=O)N(CCCC(=O)NCCCCCC(=O)O)C(=O)c2c3ccccc3[n+](CCCS(=O)(=O)O)c3ccccc23)cc1. The van der Waals surface area contributed by atoms with Crippen molar-refractivity contribution in [3.8, 4) is 0 Å². The molecule has 0 unspecified atom stereocenters. The molecule has 0 aliphatic heterocycles. The zero-order valence-corrected chi connectivity index (χ0v) is 28.3. The van der Waals surface area contributed by atoms with E-state index in [2.05, 4.69) is 5.32 Å². The van der Waals surface area contributed by atoms with Crippen LogP contribution in [0, 0.1) is 6.92 Å². The van der Waals surface area contributed by atoms with Gasteiger partial charge >= 0.3 is 5.97 Å². The Hall–Kier alpha value is -4.40. The Labute approximate surface area is 280 Å². The molecule has 3 aromatic carbocycles. The topological polar surface area (TPSA) is 179 Å². The molecule has 0 fully saturated rings. The van der Waals surface area contributed by atoms with Crippen LogP contribution in [-0.2, 0) is 36.3 Å². The van der Waals surface area contributed by atoms with E-state index in [0.29, 0.717) is 47.6 Å². The molecule has 4 rings (SSSR count). The number of para-hydroxylation sites is 2. The maximum atomic E-state index is 14.6. The second-order valence-electron chi connectivity index (χ2n) is 11.6. The third-order valence-corrected chi connectivity index (χ3v) is 10.5. The van der Waals surface area contributed by atoms with E-state index in [-0.39, 0.29) is 55.1 Å². The van der Waals surface area contributed by atoms with Gasteiger partial charge in [0.05, 0.1) is 27.0 Å². The molecule has 1 aromatic heterocycles. The van der Waals surface area contributed by atoms with Crippen molar-refractivity contribution in [3.63, 3.8) is 0 Å². The lowest BCUT2D eigenvalue weighted by molar-refractivity contribution is -0.645. The van der Waals surface area contributed by atoms with Crippen LogP contribution in [-0.4, -0.2) is 67.4 Å². The number of carbonyl (C=O) groups is 3. The third kappa shape index (κ3) is 9.36. The van der Waals surface area contributed by atoms with Gasteiger partial charge in [-0.1, -0.05) is 48.4 Å². The van der Waals surface area contributed by atoms with Crippen LogP contribution in [0.15, 0.2) is 77.7 Å². The van der Waals surface area contributed by atoms with Gasteiger partial charge in [0.2, 0.25) is 16.9 Å². The Morgan fingerprint density at radius 2 is 1.38 bits per heavy atom. The quantitative estimate of drug-likeness (QED) is 0.0630. The lowest BCUT2D eigenvalue weighted by Gasteiger charge is -2.24. The second kappa shape index (κ2) is 16.1. The monoisotopic (exact) mass is 698 g/mol. The van der Waals surface area contributed by atoms with Gasteiger partial charge in [-0.3, -0.25) is 18.9 Å². The van der Waals surface area contributed by atoms with E-state index in [9.17, 15) is 35.8 Å². The molecule has 1 heterocycles. The van der Waals surface area contributed by atoms with E-state index < -0.39 is 37.8 Å². The lowest BCUT2D eigenvalue weighted by atomic mass is 10.0. The fourth-order valence-corrected chi connectivity index (χ4v) is 7.47. The molecular formula is C34H40N3O9S2+. The zero-order chi connectivity index (χ0) is 34.9. The molecule has 0 spiro atoms. The van der Waals surface area contributed by atoms with Crippen LogP contribution in [0.4, 0.5) is 0 Å². The van der Waals surface area contributed by atoms with Gasteiger partial charge in [-0.25, -0.2) is 12.7 Å². The van der Waals surface area contributed by atoms with Gasteiger partial charge in [0.25, 0.3) is 26.0 Å². The van der Waals surface area contributed by atoms with Crippen molar-refractivity contribution in [1.82, 2.24) is 9.62 Å². The molecule has 0 saturated carbocycles. The number of unbranched alkanes of at least 4 members (excludes halogenated alkanes) is 2. The Balaban J connectivity index is 1.68.